The maximum absolute atomic E-state index is 3.64. The van der Waals surface area contributed by atoms with E-state index in [0.29, 0.717) is 6.04 Å². The third-order valence-corrected chi connectivity index (χ3v) is 3.91. The second-order valence-corrected chi connectivity index (χ2v) is 6.22. The minimum absolute atomic E-state index is 0.233. The summed E-state index contributed by atoms with van der Waals surface area (Å²) in [6, 6.07) is 9.61. The van der Waals surface area contributed by atoms with Crippen LogP contribution in [0.2, 0.25) is 0 Å². The quantitative estimate of drug-likeness (QED) is 0.882. The van der Waals surface area contributed by atoms with Crippen LogP contribution in [0.5, 0.6) is 0 Å². The largest absolute Gasteiger partial charge is 0.309 e. The number of nitrogens with one attached hydrogen (secondary N) is 1. The first-order valence-electron chi connectivity index (χ1n) is 7.05. The number of rotatable bonds is 3. The number of benzene rings is 1. The molecule has 1 heterocycles. The molecule has 1 N–H and O–H groups in total. The molecule has 0 saturated carbocycles. The van der Waals surface area contributed by atoms with Crippen molar-refractivity contribution >= 4 is 0 Å². The molecule has 0 aliphatic carbocycles. The first-order valence-corrected chi connectivity index (χ1v) is 7.05. The Hall–Kier alpha value is -0.860. The van der Waals surface area contributed by atoms with E-state index in [9.17, 15) is 0 Å². The zero-order valence-electron chi connectivity index (χ0n) is 12.2. The van der Waals surface area contributed by atoms with Gasteiger partial charge in [0.15, 0.2) is 0 Å². The Morgan fingerprint density at radius 2 is 1.94 bits per heavy atom. The van der Waals surface area contributed by atoms with Gasteiger partial charge in [-0.05, 0) is 32.8 Å². The van der Waals surface area contributed by atoms with Crippen molar-refractivity contribution in [2.75, 3.05) is 13.1 Å². The van der Waals surface area contributed by atoms with Crippen LogP contribution in [0, 0.1) is 6.92 Å². The topological polar surface area (TPSA) is 15.3 Å². The third kappa shape index (κ3) is 3.33. The Morgan fingerprint density at radius 3 is 2.56 bits per heavy atom. The summed E-state index contributed by atoms with van der Waals surface area (Å²) in [5.74, 6) is 0. The SMILES string of the molecule is CCC1CNC(C)(C)CN1Cc1ccc(C)cc1. The number of nitrogens with zero attached hydrogens (tertiary/aromatic N) is 1. The fourth-order valence-corrected chi connectivity index (χ4v) is 2.73. The van der Waals surface area contributed by atoms with Crippen molar-refractivity contribution < 1.29 is 0 Å². The maximum Gasteiger partial charge on any atom is 0.0253 e. The van der Waals surface area contributed by atoms with Gasteiger partial charge in [0.1, 0.15) is 0 Å². The molecule has 2 heteroatoms. The number of hydrogen-bond donors (Lipinski definition) is 1. The van der Waals surface area contributed by atoms with Gasteiger partial charge in [0, 0.05) is 31.2 Å². The Labute approximate surface area is 111 Å². The highest BCUT2D eigenvalue weighted by Gasteiger charge is 2.31. The monoisotopic (exact) mass is 246 g/mol. The minimum Gasteiger partial charge on any atom is -0.309 e. The normalized spacial score (nSPS) is 24.1. The molecule has 1 atom stereocenters. The van der Waals surface area contributed by atoms with E-state index >= 15 is 0 Å². The number of aryl methyl sites for hydroxylation is 1. The fraction of sp³-hybridized carbons (Fsp3) is 0.625. The summed E-state index contributed by atoms with van der Waals surface area (Å²) >= 11 is 0. The van der Waals surface area contributed by atoms with Crippen LogP contribution in [-0.4, -0.2) is 29.6 Å². The highest BCUT2D eigenvalue weighted by Crippen LogP contribution is 2.19. The Kier molecular flexibility index (Phi) is 4.08. The van der Waals surface area contributed by atoms with Gasteiger partial charge in [0.2, 0.25) is 0 Å². The summed E-state index contributed by atoms with van der Waals surface area (Å²) < 4.78 is 0. The lowest BCUT2D eigenvalue weighted by Crippen LogP contribution is -2.60. The molecule has 1 aliphatic rings. The van der Waals surface area contributed by atoms with Crippen molar-refractivity contribution in [2.45, 2.75) is 52.2 Å². The van der Waals surface area contributed by atoms with E-state index in [2.05, 4.69) is 62.2 Å². The summed E-state index contributed by atoms with van der Waals surface area (Å²) in [6.07, 6.45) is 1.22. The lowest BCUT2D eigenvalue weighted by Gasteiger charge is -2.44. The molecule has 0 amide bonds. The van der Waals surface area contributed by atoms with Crippen molar-refractivity contribution in [1.82, 2.24) is 10.2 Å². The lowest BCUT2D eigenvalue weighted by atomic mass is 9.97. The Balaban J connectivity index is 2.07. The van der Waals surface area contributed by atoms with E-state index in [1.807, 2.05) is 0 Å². The average molecular weight is 246 g/mol. The number of hydrogen-bond acceptors (Lipinski definition) is 2. The van der Waals surface area contributed by atoms with Crippen molar-refractivity contribution in [2.24, 2.45) is 0 Å². The van der Waals surface area contributed by atoms with Crippen LogP contribution in [-0.2, 0) is 6.54 Å². The smallest absolute Gasteiger partial charge is 0.0253 e. The molecule has 1 aromatic carbocycles. The Bertz CT molecular complexity index is 381. The van der Waals surface area contributed by atoms with Gasteiger partial charge in [-0.25, -0.2) is 0 Å². The molecule has 1 aromatic rings. The van der Waals surface area contributed by atoms with E-state index < -0.39 is 0 Å². The van der Waals surface area contributed by atoms with Crippen molar-refractivity contribution in [3.63, 3.8) is 0 Å². The van der Waals surface area contributed by atoms with Crippen molar-refractivity contribution in [3.05, 3.63) is 35.4 Å². The first-order chi connectivity index (χ1) is 8.50. The van der Waals surface area contributed by atoms with Gasteiger partial charge in [-0.2, -0.15) is 0 Å². The Morgan fingerprint density at radius 1 is 1.28 bits per heavy atom. The minimum atomic E-state index is 0.233. The zero-order chi connectivity index (χ0) is 13.2. The highest BCUT2D eigenvalue weighted by molar-refractivity contribution is 5.21. The van der Waals surface area contributed by atoms with Crippen LogP contribution >= 0.6 is 0 Å². The summed E-state index contributed by atoms with van der Waals surface area (Å²) in [4.78, 5) is 2.63. The van der Waals surface area contributed by atoms with Crippen LogP contribution in [0.3, 0.4) is 0 Å². The molecule has 2 rings (SSSR count). The molecular weight excluding hydrogens is 220 g/mol. The average Bonchev–Trinajstić information content (AvgIpc) is 2.31. The number of piperazine rings is 1. The predicted octanol–water partition coefficient (Wildman–Crippen LogP) is 2.96. The van der Waals surface area contributed by atoms with E-state index in [4.69, 9.17) is 0 Å². The van der Waals surface area contributed by atoms with Crippen LogP contribution in [0.1, 0.15) is 38.3 Å². The van der Waals surface area contributed by atoms with Gasteiger partial charge in [-0.15, -0.1) is 0 Å². The van der Waals surface area contributed by atoms with Crippen molar-refractivity contribution in [3.8, 4) is 0 Å². The van der Waals surface area contributed by atoms with E-state index in [1.54, 1.807) is 0 Å². The van der Waals surface area contributed by atoms with Crippen molar-refractivity contribution in [1.29, 1.82) is 0 Å². The molecule has 1 fully saturated rings. The fourth-order valence-electron chi connectivity index (χ4n) is 2.73. The van der Waals surface area contributed by atoms with E-state index in [-0.39, 0.29) is 5.54 Å². The summed E-state index contributed by atoms with van der Waals surface area (Å²) in [6.45, 7) is 12.3. The predicted molar refractivity (Wildman–Crippen MR) is 77.7 cm³/mol. The van der Waals surface area contributed by atoms with Crippen LogP contribution in [0.25, 0.3) is 0 Å². The summed E-state index contributed by atoms with van der Waals surface area (Å²) in [5.41, 5.74) is 3.00. The van der Waals surface area contributed by atoms with Gasteiger partial charge in [-0.1, -0.05) is 36.8 Å². The third-order valence-electron chi connectivity index (χ3n) is 3.91. The van der Waals surface area contributed by atoms with Gasteiger partial charge in [0.25, 0.3) is 0 Å². The van der Waals surface area contributed by atoms with Crippen LogP contribution < -0.4 is 5.32 Å². The molecule has 0 spiro atoms. The molecule has 1 aliphatic heterocycles. The molecule has 100 valence electrons. The van der Waals surface area contributed by atoms with Gasteiger partial charge < -0.3 is 5.32 Å². The molecule has 0 radical (unpaired) electrons. The molecular formula is C16H26N2. The second-order valence-electron chi connectivity index (χ2n) is 6.22. The van der Waals surface area contributed by atoms with Gasteiger partial charge in [-0.3, -0.25) is 4.90 Å². The van der Waals surface area contributed by atoms with E-state index in [0.717, 1.165) is 19.6 Å². The van der Waals surface area contributed by atoms with Gasteiger partial charge in [0.05, 0.1) is 0 Å². The maximum atomic E-state index is 3.64. The molecule has 0 aromatic heterocycles. The molecule has 2 nitrogen and oxygen atoms in total. The van der Waals surface area contributed by atoms with Crippen LogP contribution in [0.4, 0.5) is 0 Å². The molecule has 0 bridgehead atoms. The summed E-state index contributed by atoms with van der Waals surface area (Å²) in [5, 5.41) is 3.64. The zero-order valence-corrected chi connectivity index (χ0v) is 12.2. The second kappa shape index (κ2) is 5.41. The van der Waals surface area contributed by atoms with Crippen LogP contribution in [0.15, 0.2) is 24.3 Å². The lowest BCUT2D eigenvalue weighted by molar-refractivity contribution is 0.0858. The molecule has 1 saturated heterocycles. The first kappa shape index (κ1) is 13.6. The van der Waals surface area contributed by atoms with Gasteiger partial charge >= 0.3 is 0 Å². The molecule has 18 heavy (non-hydrogen) atoms. The van der Waals surface area contributed by atoms with E-state index in [1.165, 1.54) is 17.5 Å². The highest BCUT2D eigenvalue weighted by atomic mass is 15.2. The standard InChI is InChI=1S/C16H26N2/c1-5-15-10-17-16(3,4)12-18(15)11-14-8-6-13(2)7-9-14/h6-9,15,17H,5,10-12H2,1-4H3. The molecule has 1 unspecified atom stereocenters. The summed E-state index contributed by atoms with van der Waals surface area (Å²) in [7, 11) is 0.